The first-order valence-electron chi connectivity index (χ1n) is 7.27. The van der Waals surface area contributed by atoms with E-state index in [0.717, 1.165) is 16.5 Å². The number of benzene rings is 2. The van der Waals surface area contributed by atoms with E-state index in [9.17, 15) is 4.79 Å². The Morgan fingerprint density at radius 2 is 1.96 bits per heavy atom. The van der Waals surface area contributed by atoms with Crippen LogP contribution in [0.4, 0.5) is 5.69 Å². The monoisotopic (exact) mass is 310 g/mol. The highest BCUT2D eigenvalue weighted by Gasteiger charge is 2.10. The van der Waals surface area contributed by atoms with Gasteiger partial charge in [-0.1, -0.05) is 6.07 Å². The molecule has 5 nitrogen and oxygen atoms in total. The lowest BCUT2D eigenvalue weighted by atomic mass is 10.1. The van der Waals surface area contributed by atoms with Gasteiger partial charge in [0.2, 0.25) is 5.91 Å². The van der Waals surface area contributed by atoms with Crippen molar-refractivity contribution in [3.63, 3.8) is 0 Å². The number of rotatable bonds is 5. The molecular formula is C18H18N2O3. The van der Waals surface area contributed by atoms with Gasteiger partial charge in [-0.25, -0.2) is 0 Å². The molecule has 0 aliphatic carbocycles. The molecule has 0 aliphatic heterocycles. The van der Waals surface area contributed by atoms with Crippen molar-refractivity contribution in [3.8, 4) is 11.5 Å². The van der Waals surface area contributed by atoms with Crippen molar-refractivity contribution in [1.82, 2.24) is 4.98 Å². The van der Waals surface area contributed by atoms with Crippen LogP contribution in [0.1, 0.15) is 5.56 Å². The van der Waals surface area contributed by atoms with Gasteiger partial charge < -0.3 is 19.8 Å². The number of anilines is 1. The molecule has 0 unspecified atom stereocenters. The van der Waals surface area contributed by atoms with Gasteiger partial charge in [0.1, 0.15) is 11.5 Å². The molecule has 1 amide bonds. The number of nitrogens with one attached hydrogen (secondary N) is 2. The average Bonchev–Trinajstić information content (AvgIpc) is 3.02. The molecule has 2 aromatic carbocycles. The molecule has 118 valence electrons. The molecule has 0 saturated carbocycles. The Hall–Kier alpha value is -2.95. The van der Waals surface area contributed by atoms with E-state index in [2.05, 4.69) is 10.3 Å². The van der Waals surface area contributed by atoms with E-state index >= 15 is 0 Å². The molecule has 0 radical (unpaired) electrons. The lowest BCUT2D eigenvalue weighted by molar-refractivity contribution is -0.115. The summed E-state index contributed by atoms with van der Waals surface area (Å²) < 4.78 is 10.5. The molecular weight excluding hydrogens is 292 g/mol. The van der Waals surface area contributed by atoms with Crippen LogP contribution in [0.5, 0.6) is 11.5 Å². The Balaban J connectivity index is 1.76. The van der Waals surface area contributed by atoms with Crippen LogP contribution < -0.4 is 14.8 Å². The number of amides is 1. The number of aromatic nitrogens is 1. The summed E-state index contributed by atoms with van der Waals surface area (Å²) in [4.78, 5) is 15.4. The maximum atomic E-state index is 12.3. The fourth-order valence-electron chi connectivity index (χ4n) is 2.50. The summed E-state index contributed by atoms with van der Waals surface area (Å²) >= 11 is 0. The second-order valence-corrected chi connectivity index (χ2v) is 5.19. The van der Waals surface area contributed by atoms with Gasteiger partial charge in [-0.2, -0.15) is 0 Å². The molecule has 5 heteroatoms. The van der Waals surface area contributed by atoms with E-state index in [1.165, 1.54) is 0 Å². The molecule has 0 bridgehead atoms. The maximum Gasteiger partial charge on any atom is 0.228 e. The number of methoxy groups -OCH3 is 2. The van der Waals surface area contributed by atoms with Gasteiger partial charge in [0, 0.05) is 17.8 Å². The lowest BCUT2D eigenvalue weighted by Crippen LogP contribution is -2.15. The van der Waals surface area contributed by atoms with E-state index in [0.29, 0.717) is 23.6 Å². The molecule has 3 rings (SSSR count). The minimum Gasteiger partial charge on any atom is -0.497 e. The van der Waals surface area contributed by atoms with Crippen LogP contribution in [0.2, 0.25) is 0 Å². The zero-order valence-electron chi connectivity index (χ0n) is 13.1. The van der Waals surface area contributed by atoms with Crippen molar-refractivity contribution < 1.29 is 14.3 Å². The number of H-pyrrole nitrogens is 1. The zero-order valence-corrected chi connectivity index (χ0v) is 13.1. The van der Waals surface area contributed by atoms with Crippen LogP contribution in [-0.4, -0.2) is 25.1 Å². The summed E-state index contributed by atoms with van der Waals surface area (Å²) in [6, 6.07) is 13.2. The summed E-state index contributed by atoms with van der Waals surface area (Å²) in [6.45, 7) is 0. The number of hydrogen-bond donors (Lipinski definition) is 2. The number of aromatic amines is 1. The van der Waals surface area contributed by atoms with E-state index in [1.54, 1.807) is 32.4 Å². The van der Waals surface area contributed by atoms with E-state index in [4.69, 9.17) is 9.47 Å². The summed E-state index contributed by atoms with van der Waals surface area (Å²) in [6.07, 6.45) is 2.18. The number of fused-ring (bicyclic) bond motifs is 1. The van der Waals surface area contributed by atoms with Crippen LogP contribution in [0.15, 0.2) is 48.7 Å². The SMILES string of the molecule is COc1ccc(OC)c(NC(=O)Cc2ccc3[nH]ccc3c2)c1. The Bertz CT molecular complexity index is 839. The summed E-state index contributed by atoms with van der Waals surface area (Å²) in [5.74, 6) is 1.15. The van der Waals surface area contributed by atoms with Crippen molar-refractivity contribution in [2.75, 3.05) is 19.5 Å². The largest absolute Gasteiger partial charge is 0.497 e. The smallest absolute Gasteiger partial charge is 0.228 e. The van der Waals surface area contributed by atoms with Crippen molar-refractivity contribution in [3.05, 3.63) is 54.2 Å². The summed E-state index contributed by atoms with van der Waals surface area (Å²) in [5.41, 5.74) is 2.61. The van der Waals surface area contributed by atoms with Crippen LogP contribution >= 0.6 is 0 Å². The minimum atomic E-state index is -0.105. The van der Waals surface area contributed by atoms with Crippen LogP contribution in [0.25, 0.3) is 10.9 Å². The van der Waals surface area contributed by atoms with Gasteiger partial charge in [-0.05, 0) is 41.3 Å². The quantitative estimate of drug-likeness (QED) is 0.759. The molecule has 23 heavy (non-hydrogen) atoms. The van der Waals surface area contributed by atoms with Crippen molar-refractivity contribution in [2.45, 2.75) is 6.42 Å². The predicted molar refractivity (Wildman–Crippen MR) is 90.2 cm³/mol. The standard InChI is InChI=1S/C18H18N2O3/c1-22-14-4-6-17(23-2)16(11-14)20-18(21)10-12-3-5-15-13(9-12)7-8-19-15/h3-9,11,19H,10H2,1-2H3,(H,20,21). The number of ether oxygens (including phenoxy) is 2. The Labute approximate surface area is 134 Å². The average molecular weight is 310 g/mol. The lowest BCUT2D eigenvalue weighted by Gasteiger charge is -2.12. The Morgan fingerprint density at radius 1 is 1.09 bits per heavy atom. The topological polar surface area (TPSA) is 63.4 Å². The third kappa shape index (κ3) is 3.29. The molecule has 0 saturated heterocycles. The van der Waals surface area contributed by atoms with Gasteiger partial charge in [0.05, 0.1) is 26.3 Å². The first-order valence-corrected chi connectivity index (χ1v) is 7.27. The predicted octanol–water partition coefficient (Wildman–Crippen LogP) is 3.37. The van der Waals surface area contributed by atoms with Gasteiger partial charge in [0.15, 0.2) is 0 Å². The third-order valence-electron chi connectivity index (χ3n) is 3.66. The highest BCUT2D eigenvalue weighted by Crippen LogP contribution is 2.29. The van der Waals surface area contributed by atoms with Crippen molar-refractivity contribution >= 4 is 22.5 Å². The normalized spacial score (nSPS) is 10.5. The highest BCUT2D eigenvalue weighted by molar-refractivity contribution is 5.94. The fraction of sp³-hybridized carbons (Fsp3) is 0.167. The maximum absolute atomic E-state index is 12.3. The minimum absolute atomic E-state index is 0.105. The van der Waals surface area contributed by atoms with Crippen molar-refractivity contribution in [2.24, 2.45) is 0 Å². The summed E-state index contributed by atoms with van der Waals surface area (Å²) in [7, 11) is 3.15. The van der Waals surface area contributed by atoms with E-state index in [1.807, 2.05) is 30.5 Å². The molecule has 0 fully saturated rings. The third-order valence-corrected chi connectivity index (χ3v) is 3.66. The van der Waals surface area contributed by atoms with Gasteiger partial charge in [-0.15, -0.1) is 0 Å². The molecule has 0 atom stereocenters. The number of carbonyl (C=O) groups is 1. The van der Waals surface area contributed by atoms with Crippen LogP contribution in [0, 0.1) is 0 Å². The fourth-order valence-corrected chi connectivity index (χ4v) is 2.50. The number of hydrogen-bond acceptors (Lipinski definition) is 3. The van der Waals surface area contributed by atoms with Gasteiger partial charge in [0.25, 0.3) is 0 Å². The van der Waals surface area contributed by atoms with Crippen LogP contribution in [-0.2, 0) is 11.2 Å². The Kier molecular flexibility index (Phi) is 4.19. The zero-order chi connectivity index (χ0) is 16.2. The van der Waals surface area contributed by atoms with Gasteiger partial charge in [-0.3, -0.25) is 4.79 Å². The second kappa shape index (κ2) is 6.44. The van der Waals surface area contributed by atoms with Crippen molar-refractivity contribution in [1.29, 1.82) is 0 Å². The molecule has 1 aromatic heterocycles. The summed E-state index contributed by atoms with van der Waals surface area (Å²) in [5, 5.41) is 3.97. The van der Waals surface area contributed by atoms with E-state index in [-0.39, 0.29) is 5.91 Å². The first-order chi connectivity index (χ1) is 11.2. The Morgan fingerprint density at radius 3 is 2.74 bits per heavy atom. The van der Waals surface area contributed by atoms with E-state index < -0.39 is 0 Å². The molecule has 1 heterocycles. The van der Waals surface area contributed by atoms with Crippen LogP contribution in [0.3, 0.4) is 0 Å². The molecule has 2 N–H and O–H groups in total. The second-order valence-electron chi connectivity index (χ2n) is 5.19. The molecule has 0 spiro atoms. The molecule has 3 aromatic rings. The molecule has 0 aliphatic rings. The van der Waals surface area contributed by atoms with Gasteiger partial charge >= 0.3 is 0 Å². The first kappa shape index (κ1) is 15.0. The highest BCUT2D eigenvalue weighted by atomic mass is 16.5. The number of carbonyl (C=O) groups excluding carboxylic acids is 1.